The molecule has 2 aliphatic rings. The van der Waals surface area contributed by atoms with Crippen LogP contribution in [0.2, 0.25) is 0 Å². The number of carbonyl (C=O) groups is 1. The molecule has 15 heavy (non-hydrogen) atoms. The number of unbranched alkanes of at least 4 members (excludes halogenated alkanes) is 1. The lowest BCUT2D eigenvalue weighted by molar-refractivity contribution is -0.130. The molecule has 86 valence electrons. The molecule has 2 rings (SSSR count). The summed E-state index contributed by atoms with van der Waals surface area (Å²) in [4.78, 5) is 19.3. The molecule has 2 amide bonds. The van der Waals surface area contributed by atoms with Crippen molar-refractivity contribution in [2.75, 3.05) is 13.2 Å². The molecule has 4 nitrogen and oxygen atoms in total. The lowest BCUT2D eigenvalue weighted by Gasteiger charge is -2.26. The van der Waals surface area contributed by atoms with Crippen LogP contribution in [-0.2, 0) is 4.84 Å². The van der Waals surface area contributed by atoms with Crippen LogP contribution in [0.4, 0.5) is 4.79 Å². The molecule has 2 saturated heterocycles. The third-order valence-corrected chi connectivity index (χ3v) is 3.79. The Kier molecular flexibility index (Phi) is 3.47. The zero-order valence-electron chi connectivity index (χ0n) is 9.19. The first-order chi connectivity index (χ1) is 7.24. The number of fused-ring (bicyclic) bond motifs is 2. The molecule has 0 aromatic heterocycles. The zero-order valence-corrected chi connectivity index (χ0v) is 10.3. The summed E-state index contributed by atoms with van der Waals surface area (Å²) in [6.07, 6.45) is 4.24. The molecule has 0 spiro atoms. The predicted octanol–water partition coefficient (Wildman–Crippen LogP) is 1.82. The smallest absolute Gasteiger partial charge is 0.314 e. The molecule has 0 aromatic rings. The number of hydrogen-bond donors (Lipinski definition) is 0. The third kappa shape index (κ3) is 2.11. The van der Waals surface area contributed by atoms with Gasteiger partial charge in [0.05, 0.1) is 12.6 Å². The molecule has 5 heteroatoms. The van der Waals surface area contributed by atoms with Gasteiger partial charge in [0.15, 0.2) is 0 Å². The highest BCUT2D eigenvalue weighted by atomic mass is 31.0. The highest BCUT2D eigenvalue weighted by Gasteiger charge is 2.43. The Hall–Kier alpha value is -0.340. The van der Waals surface area contributed by atoms with Crippen LogP contribution in [0.5, 0.6) is 0 Å². The molecule has 0 aromatic carbocycles. The summed E-state index contributed by atoms with van der Waals surface area (Å²) in [5, 5.41) is 1.60. The van der Waals surface area contributed by atoms with Crippen LogP contribution in [0.1, 0.15) is 32.6 Å². The van der Waals surface area contributed by atoms with Crippen LogP contribution in [0, 0.1) is 0 Å². The van der Waals surface area contributed by atoms with Gasteiger partial charge in [0.25, 0.3) is 0 Å². The molecule has 2 fully saturated rings. The number of carbonyl (C=O) groups excluding carboxylic acids is 1. The second kappa shape index (κ2) is 4.67. The van der Waals surface area contributed by atoms with Gasteiger partial charge in [0.2, 0.25) is 0 Å². The van der Waals surface area contributed by atoms with E-state index in [1.807, 2.05) is 4.90 Å². The van der Waals surface area contributed by atoms with E-state index < -0.39 is 0 Å². The van der Waals surface area contributed by atoms with Crippen LogP contribution < -0.4 is 0 Å². The lowest BCUT2D eigenvalue weighted by atomic mass is 10.1. The summed E-state index contributed by atoms with van der Waals surface area (Å²) in [7, 11) is 2.74. The first-order valence-electron chi connectivity index (χ1n) is 5.72. The maximum absolute atomic E-state index is 11.9. The summed E-state index contributed by atoms with van der Waals surface area (Å²) in [5.74, 6) is 0.300. The van der Waals surface area contributed by atoms with Crippen molar-refractivity contribution in [2.45, 2.75) is 44.4 Å². The van der Waals surface area contributed by atoms with E-state index in [1.54, 1.807) is 5.06 Å². The van der Waals surface area contributed by atoms with E-state index in [-0.39, 0.29) is 12.1 Å². The van der Waals surface area contributed by atoms with Gasteiger partial charge in [-0.3, -0.25) is 4.84 Å². The largest absolute Gasteiger partial charge is 0.344 e. The normalized spacial score (nSPS) is 30.1. The number of hydroxylamine groups is 2. The Morgan fingerprint density at radius 3 is 3.00 bits per heavy atom. The van der Waals surface area contributed by atoms with Crippen LogP contribution in [-0.4, -0.2) is 41.0 Å². The fraction of sp³-hybridized carbons (Fsp3) is 0.900. The second-order valence-corrected chi connectivity index (χ2v) is 5.02. The topological polar surface area (TPSA) is 32.8 Å². The van der Waals surface area contributed by atoms with Crippen molar-refractivity contribution in [3.8, 4) is 0 Å². The maximum atomic E-state index is 11.9. The molecule has 0 N–H and O–H groups in total. The number of hydrogen-bond acceptors (Lipinski definition) is 2. The quantitative estimate of drug-likeness (QED) is 0.545. The van der Waals surface area contributed by atoms with Gasteiger partial charge in [-0.1, -0.05) is 13.3 Å². The number of nitrogens with zero attached hydrogens (tertiary/aromatic N) is 2. The fourth-order valence-corrected chi connectivity index (χ4v) is 2.58. The van der Waals surface area contributed by atoms with Crippen molar-refractivity contribution in [1.29, 1.82) is 0 Å². The number of rotatable bonds is 4. The average Bonchev–Trinajstić information content (AvgIpc) is 2.49. The molecule has 0 aliphatic carbocycles. The molecule has 2 aliphatic heterocycles. The minimum Gasteiger partial charge on any atom is -0.314 e. The Morgan fingerprint density at radius 1 is 1.53 bits per heavy atom. The van der Waals surface area contributed by atoms with E-state index in [4.69, 9.17) is 4.84 Å². The van der Waals surface area contributed by atoms with Gasteiger partial charge in [-0.2, -0.15) is 5.06 Å². The molecule has 2 unspecified atom stereocenters. The molecule has 2 heterocycles. The lowest BCUT2D eigenvalue weighted by Crippen LogP contribution is -2.35. The highest BCUT2D eigenvalue weighted by Crippen LogP contribution is 2.32. The van der Waals surface area contributed by atoms with Crippen molar-refractivity contribution >= 4 is 15.3 Å². The highest BCUT2D eigenvalue weighted by molar-refractivity contribution is 7.17. The van der Waals surface area contributed by atoms with Gasteiger partial charge in [-0.15, -0.1) is 9.24 Å². The van der Waals surface area contributed by atoms with E-state index in [9.17, 15) is 4.79 Å². The van der Waals surface area contributed by atoms with Crippen molar-refractivity contribution in [3.05, 3.63) is 0 Å². The fourth-order valence-electron chi connectivity index (χ4n) is 2.13. The Labute approximate surface area is 93.1 Å². The molecular weight excluding hydrogens is 211 g/mol. The van der Waals surface area contributed by atoms with E-state index >= 15 is 0 Å². The molecule has 2 bridgehead atoms. The summed E-state index contributed by atoms with van der Waals surface area (Å²) in [6, 6.07) is 0.333. The monoisotopic (exact) mass is 230 g/mol. The summed E-state index contributed by atoms with van der Waals surface area (Å²) >= 11 is 0. The number of amides is 2. The molecule has 3 atom stereocenters. The van der Waals surface area contributed by atoms with Crippen LogP contribution in [0.15, 0.2) is 0 Å². The summed E-state index contributed by atoms with van der Waals surface area (Å²) < 4.78 is 0. The Bertz CT molecular complexity index is 250. The van der Waals surface area contributed by atoms with Gasteiger partial charge < -0.3 is 4.90 Å². The van der Waals surface area contributed by atoms with E-state index in [1.165, 1.54) is 0 Å². The van der Waals surface area contributed by atoms with Crippen LogP contribution in [0.3, 0.4) is 0 Å². The van der Waals surface area contributed by atoms with Gasteiger partial charge in [-0.25, -0.2) is 4.79 Å². The van der Waals surface area contributed by atoms with Crippen molar-refractivity contribution in [2.24, 2.45) is 0 Å². The van der Waals surface area contributed by atoms with Gasteiger partial charge in [-0.05, 0) is 19.3 Å². The summed E-state index contributed by atoms with van der Waals surface area (Å²) in [5.41, 5.74) is 0. The number of piperidine rings is 1. The van der Waals surface area contributed by atoms with Crippen molar-refractivity contribution in [1.82, 2.24) is 9.96 Å². The molecule has 0 saturated carbocycles. The minimum atomic E-state index is 0.0496. The van der Waals surface area contributed by atoms with Crippen LogP contribution in [0.25, 0.3) is 0 Å². The van der Waals surface area contributed by atoms with Crippen molar-refractivity contribution < 1.29 is 9.63 Å². The SMILES string of the molecule is CCCCON1C(=O)N2CC1CC[C@H]2P. The standard InChI is InChI=1S/C10H19N2O2P/c1-2-3-6-14-12-8-4-5-9(15)11(7-8)10(12)13/h8-9H,2-7,15H2,1H3/t8?,9-/m1/s1. The Balaban J connectivity index is 1.92. The average molecular weight is 230 g/mol. The van der Waals surface area contributed by atoms with Gasteiger partial charge >= 0.3 is 6.03 Å². The van der Waals surface area contributed by atoms with E-state index in [0.717, 1.165) is 32.2 Å². The molecular formula is C10H19N2O2P. The second-order valence-electron chi connectivity index (χ2n) is 4.25. The molecule has 0 radical (unpaired) electrons. The first-order valence-corrected chi connectivity index (χ1v) is 6.39. The maximum Gasteiger partial charge on any atom is 0.344 e. The van der Waals surface area contributed by atoms with Gasteiger partial charge in [0.1, 0.15) is 0 Å². The third-order valence-electron chi connectivity index (χ3n) is 3.10. The van der Waals surface area contributed by atoms with Crippen molar-refractivity contribution in [3.63, 3.8) is 0 Å². The Morgan fingerprint density at radius 2 is 2.33 bits per heavy atom. The van der Waals surface area contributed by atoms with Gasteiger partial charge in [0, 0.05) is 12.3 Å². The van der Waals surface area contributed by atoms with Crippen LogP contribution >= 0.6 is 9.24 Å². The van der Waals surface area contributed by atoms with E-state index in [2.05, 4.69) is 16.2 Å². The number of urea groups is 1. The predicted molar refractivity (Wildman–Crippen MR) is 61.3 cm³/mol. The zero-order chi connectivity index (χ0) is 10.8. The first kappa shape index (κ1) is 11.2. The summed E-state index contributed by atoms with van der Waals surface area (Å²) in [6.45, 7) is 3.61. The minimum absolute atomic E-state index is 0.0496. The van der Waals surface area contributed by atoms with E-state index in [0.29, 0.717) is 12.4 Å².